The molecule has 2 fully saturated rings. The Hall–Kier alpha value is -2.71. The molecule has 0 saturated carbocycles. The number of amides is 1. The number of nitro benzene ring substituents is 1. The summed E-state index contributed by atoms with van der Waals surface area (Å²) in [5.41, 5.74) is 2.32. The van der Waals surface area contributed by atoms with Gasteiger partial charge in [-0.25, -0.2) is 0 Å². The van der Waals surface area contributed by atoms with Crippen molar-refractivity contribution < 1.29 is 9.72 Å². The van der Waals surface area contributed by atoms with E-state index in [2.05, 4.69) is 4.90 Å². The van der Waals surface area contributed by atoms with Gasteiger partial charge in [0.2, 0.25) is 0 Å². The van der Waals surface area contributed by atoms with E-state index in [0.29, 0.717) is 20.5 Å². The number of thiocarbonyl (C=S) groups is 1. The number of anilines is 2. The van der Waals surface area contributed by atoms with E-state index in [1.54, 1.807) is 18.2 Å². The van der Waals surface area contributed by atoms with Crippen molar-refractivity contribution in [1.29, 1.82) is 0 Å². The first-order valence-electron chi connectivity index (χ1n) is 9.41. The third-order valence-corrected chi connectivity index (χ3v) is 6.32. The number of hydrogen-bond acceptors (Lipinski definition) is 6. The highest BCUT2D eigenvalue weighted by molar-refractivity contribution is 8.27. The van der Waals surface area contributed by atoms with Crippen LogP contribution >= 0.6 is 24.0 Å². The summed E-state index contributed by atoms with van der Waals surface area (Å²) in [4.78, 5) is 28.1. The smallest absolute Gasteiger partial charge is 0.270 e. The fourth-order valence-corrected chi connectivity index (χ4v) is 4.89. The number of piperidine rings is 1. The van der Waals surface area contributed by atoms with Gasteiger partial charge in [-0.05, 0) is 43.5 Å². The molecule has 0 aromatic heterocycles. The van der Waals surface area contributed by atoms with Crippen molar-refractivity contribution in [3.05, 3.63) is 69.1 Å². The second-order valence-corrected chi connectivity index (χ2v) is 8.58. The molecule has 0 radical (unpaired) electrons. The molecule has 148 valence electrons. The van der Waals surface area contributed by atoms with Crippen LogP contribution < -0.4 is 9.80 Å². The van der Waals surface area contributed by atoms with E-state index in [4.69, 9.17) is 12.2 Å². The summed E-state index contributed by atoms with van der Waals surface area (Å²) in [7, 11) is 0. The SMILES string of the molecule is O=C1/C(=C\c2cc([N+](=O)[O-])ccc2N2CCCCC2)SC(=S)N1c1ccccc1. The zero-order chi connectivity index (χ0) is 20.4. The van der Waals surface area contributed by atoms with Crippen LogP contribution in [0.15, 0.2) is 53.4 Å². The van der Waals surface area contributed by atoms with E-state index in [1.807, 2.05) is 30.3 Å². The number of thioether (sulfide) groups is 1. The molecule has 0 bridgehead atoms. The molecule has 1 amide bonds. The fraction of sp³-hybridized carbons (Fsp3) is 0.238. The van der Waals surface area contributed by atoms with Gasteiger partial charge in [0.25, 0.3) is 11.6 Å². The Kier molecular flexibility index (Phi) is 5.64. The lowest BCUT2D eigenvalue weighted by Gasteiger charge is -2.30. The van der Waals surface area contributed by atoms with E-state index < -0.39 is 4.92 Å². The Bertz CT molecular complexity index is 1000. The molecule has 2 aromatic carbocycles. The standard InChI is InChI=1S/C21H19N3O3S2/c25-20-19(29-21(28)23(20)16-7-3-1-4-8-16)14-15-13-17(24(26)27)9-10-18(15)22-11-5-2-6-12-22/h1,3-4,7-10,13-14H,2,5-6,11-12H2/b19-14+. The average Bonchev–Trinajstić information content (AvgIpc) is 3.02. The first-order valence-corrected chi connectivity index (χ1v) is 10.6. The Morgan fingerprint density at radius 3 is 2.48 bits per heavy atom. The third kappa shape index (κ3) is 4.04. The second-order valence-electron chi connectivity index (χ2n) is 6.90. The highest BCUT2D eigenvalue weighted by atomic mass is 32.2. The van der Waals surface area contributed by atoms with Crippen LogP contribution in [0.4, 0.5) is 17.1 Å². The molecule has 2 aromatic rings. The highest BCUT2D eigenvalue weighted by Gasteiger charge is 2.33. The molecular formula is C21H19N3O3S2. The topological polar surface area (TPSA) is 66.7 Å². The largest absolute Gasteiger partial charge is 0.371 e. The van der Waals surface area contributed by atoms with Crippen molar-refractivity contribution in [3.8, 4) is 0 Å². The van der Waals surface area contributed by atoms with Gasteiger partial charge >= 0.3 is 0 Å². The molecule has 2 aliphatic heterocycles. The number of nitro groups is 1. The predicted octanol–water partition coefficient (Wildman–Crippen LogP) is 4.99. The van der Waals surface area contributed by atoms with Crippen molar-refractivity contribution in [1.82, 2.24) is 0 Å². The summed E-state index contributed by atoms with van der Waals surface area (Å²) in [6.45, 7) is 1.81. The van der Waals surface area contributed by atoms with Gasteiger partial charge < -0.3 is 4.90 Å². The monoisotopic (exact) mass is 425 g/mol. The molecule has 2 saturated heterocycles. The molecule has 2 heterocycles. The predicted molar refractivity (Wildman–Crippen MR) is 121 cm³/mol. The van der Waals surface area contributed by atoms with E-state index in [9.17, 15) is 14.9 Å². The van der Waals surface area contributed by atoms with Crippen molar-refractivity contribution in [3.63, 3.8) is 0 Å². The lowest BCUT2D eigenvalue weighted by molar-refractivity contribution is -0.384. The summed E-state index contributed by atoms with van der Waals surface area (Å²) < 4.78 is 0.456. The summed E-state index contributed by atoms with van der Waals surface area (Å²) in [6.07, 6.45) is 5.10. The molecule has 6 nitrogen and oxygen atoms in total. The van der Waals surface area contributed by atoms with Crippen LogP contribution in [0.1, 0.15) is 24.8 Å². The molecule has 4 rings (SSSR count). The Morgan fingerprint density at radius 2 is 1.79 bits per heavy atom. The number of rotatable bonds is 4. The Balaban J connectivity index is 1.72. The van der Waals surface area contributed by atoms with E-state index >= 15 is 0 Å². The van der Waals surface area contributed by atoms with Crippen LogP contribution in [0.5, 0.6) is 0 Å². The van der Waals surface area contributed by atoms with E-state index in [1.165, 1.54) is 29.1 Å². The van der Waals surface area contributed by atoms with Crippen LogP contribution in [0.25, 0.3) is 6.08 Å². The first-order chi connectivity index (χ1) is 14.0. The van der Waals surface area contributed by atoms with Gasteiger partial charge in [0, 0.05) is 36.5 Å². The van der Waals surface area contributed by atoms with Gasteiger partial charge in [-0.2, -0.15) is 0 Å². The van der Waals surface area contributed by atoms with Crippen LogP contribution in [0.3, 0.4) is 0 Å². The highest BCUT2D eigenvalue weighted by Crippen LogP contribution is 2.38. The van der Waals surface area contributed by atoms with Crippen molar-refractivity contribution >= 4 is 57.3 Å². The maximum absolute atomic E-state index is 13.0. The number of nitrogens with zero attached hydrogens (tertiary/aromatic N) is 3. The van der Waals surface area contributed by atoms with Crippen molar-refractivity contribution in [2.45, 2.75) is 19.3 Å². The minimum Gasteiger partial charge on any atom is -0.371 e. The average molecular weight is 426 g/mol. The Morgan fingerprint density at radius 1 is 1.07 bits per heavy atom. The van der Waals surface area contributed by atoms with Crippen LogP contribution in [0.2, 0.25) is 0 Å². The summed E-state index contributed by atoms with van der Waals surface area (Å²) in [6, 6.07) is 14.1. The van der Waals surface area contributed by atoms with E-state index in [0.717, 1.165) is 31.6 Å². The minimum atomic E-state index is -0.410. The first kappa shape index (κ1) is 19.6. The van der Waals surface area contributed by atoms with Crippen LogP contribution in [-0.2, 0) is 4.79 Å². The molecule has 0 spiro atoms. The quantitative estimate of drug-likeness (QED) is 0.298. The van der Waals surface area contributed by atoms with Gasteiger partial charge in [0.15, 0.2) is 4.32 Å². The van der Waals surface area contributed by atoms with Gasteiger partial charge in [0.1, 0.15) is 0 Å². The molecule has 2 aliphatic rings. The van der Waals surface area contributed by atoms with Crippen LogP contribution in [-0.4, -0.2) is 28.2 Å². The molecule has 0 atom stereocenters. The number of carbonyl (C=O) groups is 1. The fourth-order valence-electron chi connectivity index (χ4n) is 3.60. The second kappa shape index (κ2) is 8.34. The molecule has 8 heteroatoms. The zero-order valence-corrected chi connectivity index (χ0v) is 17.2. The summed E-state index contributed by atoms with van der Waals surface area (Å²) in [5, 5.41) is 11.3. The number of carbonyl (C=O) groups excluding carboxylic acids is 1. The van der Waals surface area contributed by atoms with E-state index in [-0.39, 0.29) is 11.6 Å². The lowest BCUT2D eigenvalue weighted by atomic mass is 10.1. The van der Waals surface area contributed by atoms with Crippen LogP contribution in [0, 0.1) is 10.1 Å². The molecule has 0 aliphatic carbocycles. The van der Waals surface area contributed by atoms with Gasteiger partial charge in [-0.15, -0.1) is 0 Å². The van der Waals surface area contributed by atoms with Gasteiger partial charge in [-0.3, -0.25) is 19.8 Å². The molecule has 0 N–H and O–H groups in total. The number of benzene rings is 2. The number of para-hydroxylation sites is 1. The van der Waals surface area contributed by atoms with Gasteiger partial charge in [0.05, 0.1) is 15.5 Å². The molecular weight excluding hydrogens is 406 g/mol. The maximum atomic E-state index is 13.0. The maximum Gasteiger partial charge on any atom is 0.270 e. The van der Waals surface area contributed by atoms with Gasteiger partial charge in [-0.1, -0.05) is 42.2 Å². The lowest BCUT2D eigenvalue weighted by Crippen LogP contribution is -2.30. The zero-order valence-electron chi connectivity index (χ0n) is 15.6. The number of non-ortho nitro benzene ring substituents is 1. The third-order valence-electron chi connectivity index (χ3n) is 5.01. The molecule has 29 heavy (non-hydrogen) atoms. The number of hydrogen-bond donors (Lipinski definition) is 0. The van der Waals surface area contributed by atoms with Crippen molar-refractivity contribution in [2.75, 3.05) is 22.9 Å². The normalized spacial score (nSPS) is 18.6. The summed E-state index contributed by atoms with van der Waals surface area (Å²) >= 11 is 6.65. The summed E-state index contributed by atoms with van der Waals surface area (Å²) in [5.74, 6) is -0.206. The minimum absolute atomic E-state index is 0.00977. The Labute approximate surface area is 178 Å². The molecule has 0 unspecified atom stereocenters. The van der Waals surface area contributed by atoms with Crippen molar-refractivity contribution in [2.24, 2.45) is 0 Å².